The molecule has 6 N–H and O–H groups in total. The van der Waals surface area contributed by atoms with E-state index in [-0.39, 0.29) is 18.9 Å². The van der Waals surface area contributed by atoms with Crippen molar-refractivity contribution in [2.24, 2.45) is 5.92 Å². The molecule has 4 aliphatic rings. The van der Waals surface area contributed by atoms with Crippen molar-refractivity contribution < 1.29 is 63.9 Å². The number of carboxylic acids is 1. The molecule has 0 aromatic rings. The molecule has 13 heteroatoms. The summed E-state index contributed by atoms with van der Waals surface area (Å²) in [6, 6.07) is 0. The normalized spacial score (nSPS) is 49.5. The van der Waals surface area contributed by atoms with E-state index in [1.54, 1.807) is 6.92 Å². The average Bonchev–Trinajstić information content (AvgIpc) is 2.84. The van der Waals surface area contributed by atoms with E-state index >= 15 is 0 Å². The van der Waals surface area contributed by atoms with Gasteiger partial charge in [0.2, 0.25) is 0 Å². The Hall–Kier alpha value is -0.970. The number of carbonyl (C=O) groups is 1. The molecule has 1 aliphatic carbocycles. The van der Waals surface area contributed by atoms with Crippen LogP contribution in [0.15, 0.2) is 0 Å². The third-order valence-corrected chi connectivity index (χ3v) is 7.80. The Labute approximate surface area is 215 Å². The first-order chi connectivity index (χ1) is 17.6. The topological polar surface area (TPSA) is 194 Å². The highest BCUT2D eigenvalue weighted by atomic mass is 16.7. The van der Waals surface area contributed by atoms with Crippen LogP contribution >= 0.6 is 0 Å². The van der Waals surface area contributed by atoms with Gasteiger partial charge in [-0.2, -0.15) is 0 Å². The number of carboxylic acid groups (broad SMARTS) is 1. The number of fused-ring (bicyclic) bond motifs is 1. The highest BCUT2D eigenvalue weighted by Gasteiger charge is 2.51. The van der Waals surface area contributed by atoms with E-state index in [0.29, 0.717) is 12.8 Å². The average molecular weight is 537 g/mol. The Morgan fingerprint density at radius 2 is 1.59 bits per heavy atom. The number of rotatable bonds is 6. The summed E-state index contributed by atoms with van der Waals surface area (Å²) >= 11 is 0. The molecule has 0 radical (unpaired) electrons. The molecule has 13 nitrogen and oxygen atoms in total. The van der Waals surface area contributed by atoms with Crippen LogP contribution in [-0.4, -0.2) is 130 Å². The maximum absolute atomic E-state index is 11.7. The Bertz CT molecular complexity index is 754. The van der Waals surface area contributed by atoms with Crippen molar-refractivity contribution in [2.45, 2.75) is 126 Å². The smallest absolute Gasteiger partial charge is 0.332 e. The molecular weight excluding hydrogens is 496 g/mol. The van der Waals surface area contributed by atoms with E-state index < -0.39 is 92.3 Å². The Kier molecular flexibility index (Phi) is 9.78. The first-order valence-corrected chi connectivity index (χ1v) is 13.1. The Morgan fingerprint density at radius 1 is 0.838 bits per heavy atom. The van der Waals surface area contributed by atoms with Crippen LogP contribution in [0.3, 0.4) is 0 Å². The lowest BCUT2D eigenvalue weighted by molar-refractivity contribution is -0.354. The Balaban J connectivity index is 1.52. The van der Waals surface area contributed by atoms with Crippen molar-refractivity contribution in [3.8, 4) is 0 Å². The predicted molar refractivity (Wildman–Crippen MR) is 122 cm³/mol. The van der Waals surface area contributed by atoms with Gasteiger partial charge in [0, 0.05) is 6.61 Å². The third kappa shape index (κ3) is 6.28. The minimum absolute atomic E-state index is 0.0293. The summed E-state index contributed by atoms with van der Waals surface area (Å²) in [7, 11) is 0. The lowest BCUT2D eigenvalue weighted by Gasteiger charge is -2.48. The number of hydrogen-bond donors (Lipinski definition) is 6. The molecule has 7 unspecified atom stereocenters. The molecule has 3 saturated heterocycles. The zero-order valence-corrected chi connectivity index (χ0v) is 21.1. The molecule has 4 fully saturated rings. The van der Waals surface area contributed by atoms with Crippen molar-refractivity contribution in [1.82, 2.24) is 0 Å². The first-order valence-electron chi connectivity index (χ1n) is 13.1. The number of ether oxygens (including phenoxy) is 6. The summed E-state index contributed by atoms with van der Waals surface area (Å²) in [4.78, 5) is 11.7. The second-order valence-corrected chi connectivity index (χ2v) is 10.5. The van der Waals surface area contributed by atoms with Crippen LogP contribution in [0.2, 0.25) is 0 Å². The second kappa shape index (κ2) is 12.5. The van der Waals surface area contributed by atoms with Gasteiger partial charge in [0.15, 0.2) is 18.7 Å². The fourth-order valence-corrected chi connectivity index (χ4v) is 5.57. The van der Waals surface area contributed by atoms with Gasteiger partial charge in [0.05, 0.1) is 24.9 Å². The van der Waals surface area contributed by atoms with Gasteiger partial charge < -0.3 is 59.1 Å². The van der Waals surface area contributed by atoms with Crippen LogP contribution in [0.1, 0.15) is 46.0 Å². The van der Waals surface area contributed by atoms with Gasteiger partial charge in [-0.3, -0.25) is 0 Å². The van der Waals surface area contributed by atoms with Gasteiger partial charge in [-0.15, -0.1) is 0 Å². The lowest BCUT2D eigenvalue weighted by atomic mass is 9.85. The largest absolute Gasteiger partial charge is 0.479 e. The van der Waals surface area contributed by atoms with Crippen LogP contribution in [0, 0.1) is 5.92 Å². The van der Waals surface area contributed by atoms with Gasteiger partial charge in [0.1, 0.15) is 42.7 Å². The molecule has 3 aliphatic heterocycles. The fourth-order valence-electron chi connectivity index (χ4n) is 5.57. The molecule has 0 spiro atoms. The molecule has 0 bridgehead atoms. The minimum Gasteiger partial charge on any atom is -0.479 e. The van der Waals surface area contributed by atoms with Crippen LogP contribution in [-0.2, 0) is 33.2 Å². The third-order valence-electron chi connectivity index (χ3n) is 7.80. The summed E-state index contributed by atoms with van der Waals surface area (Å²) in [6.07, 6.45) is -11.3. The highest BCUT2D eigenvalue weighted by molar-refractivity contribution is 5.72. The zero-order valence-electron chi connectivity index (χ0n) is 21.1. The SMILES string of the molecule is CC1CCC[C@@H](O[C@@H]2OC(CO)[C@H](O)C3O[C@@H](C(=O)O)CCCOC32)C1O[C@@H]1OC(C)[C@@H](O)C(O)[C@@H]1O. The summed E-state index contributed by atoms with van der Waals surface area (Å²) in [5, 5.41) is 60.8. The molecule has 214 valence electrons. The molecule has 1 saturated carbocycles. The molecule has 14 atom stereocenters. The summed E-state index contributed by atoms with van der Waals surface area (Å²) in [5.74, 6) is -1.18. The monoisotopic (exact) mass is 536 g/mol. The zero-order chi connectivity index (χ0) is 26.9. The fraction of sp³-hybridized carbons (Fsp3) is 0.958. The van der Waals surface area contributed by atoms with E-state index in [9.17, 15) is 35.4 Å². The van der Waals surface area contributed by atoms with Crippen LogP contribution in [0.25, 0.3) is 0 Å². The number of aliphatic carboxylic acids is 1. The first kappa shape index (κ1) is 29.0. The molecule has 4 rings (SSSR count). The van der Waals surface area contributed by atoms with Crippen LogP contribution in [0.5, 0.6) is 0 Å². The summed E-state index contributed by atoms with van der Waals surface area (Å²) < 4.78 is 35.7. The van der Waals surface area contributed by atoms with Crippen molar-refractivity contribution >= 4 is 5.97 Å². The van der Waals surface area contributed by atoms with Crippen molar-refractivity contribution in [3.63, 3.8) is 0 Å². The van der Waals surface area contributed by atoms with Crippen molar-refractivity contribution in [3.05, 3.63) is 0 Å². The quantitative estimate of drug-likeness (QED) is 0.230. The molecule has 0 aromatic carbocycles. The predicted octanol–water partition coefficient (Wildman–Crippen LogP) is -1.50. The lowest BCUT2D eigenvalue weighted by Crippen LogP contribution is -2.64. The van der Waals surface area contributed by atoms with Gasteiger partial charge in [0.25, 0.3) is 0 Å². The van der Waals surface area contributed by atoms with Gasteiger partial charge in [-0.05, 0) is 38.5 Å². The standard InChI is InChI=1S/C24H40O13/c1-10-5-3-6-12(19(10)37-23-18(29)17(28)15(26)11(2)33-23)35-24-21-20(16(27)14(9-25)36-24)34-13(22(30)31)7-4-8-32-21/h10-21,23-29H,3-9H2,1-2H3,(H,30,31)/t10?,11?,12-,13-,14?,15-,16+,17?,18+,19?,20?,21?,23+,24-/m1/s1. The summed E-state index contributed by atoms with van der Waals surface area (Å²) in [5.41, 5.74) is 0. The van der Waals surface area contributed by atoms with E-state index in [4.69, 9.17) is 28.4 Å². The molecular formula is C24H40O13. The maximum atomic E-state index is 11.7. The van der Waals surface area contributed by atoms with Crippen LogP contribution in [0.4, 0.5) is 0 Å². The van der Waals surface area contributed by atoms with Crippen LogP contribution < -0.4 is 0 Å². The number of aliphatic hydroxyl groups is 5. The molecule has 0 aromatic heterocycles. The molecule has 3 heterocycles. The molecule has 0 amide bonds. The van der Waals surface area contributed by atoms with E-state index in [1.165, 1.54) is 0 Å². The second-order valence-electron chi connectivity index (χ2n) is 10.5. The highest BCUT2D eigenvalue weighted by Crippen LogP contribution is 2.36. The van der Waals surface area contributed by atoms with E-state index in [0.717, 1.165) is 12.8 Å². The van der Waals surface area contributed by atoms with E-state index in [1.807, 2.05) is 6.92 Å². The van der Waals surface area contributed by atoms with Gasteiger partial charge >= 0.3 is 5.97 Å². The molecule has 37 heavy (non-hydrogen) atoms. The minimum atomic E-state index is -1.47. The van der Waals surface area contributed by atoms with E-state index in [2.05, 4.69) is 0 Å². The number of aliphatic hydroxyl groups excluding tert-OH is 5. The van der Waals surface area contributed by atoms with Crippen molar-refractivity contribution in [1.29, 1.82) is 0 Å². The Morgan fingerprint density at radius 3 is 2.30 bits per heavy atom. The van der Waals surface area contributed by atoms with Crippen molar-refractivity contribution in [2.75, 3.05) is 13.2 Å². The maximum Gasteiger partial charge on any atom is 0.332 e. The number of hydrogen-bond acceptors (Lipinski definition) is 12. The van der Waals surface area contributed by atoms with Gasteiger partial charge in [-0.25, -0.2) is 4.79 Å². The summed E-state index contributed by atoms with van der Waals surface area (Å²) in [6.45, 7) is 3.19. The van der Waals surface area contributed by atoms with Gasteiger partial charge in [-0.1, -0.05) is 13.3 Å².